The molecule has 0 saturated carbocycles. The fraction of sp³-hybridized carbons (Fsp3) is 0.0714. The lowest BCUT2D eigenvalue weighted by Gasteiger charge is -2.17. The number of halogens is 1. The zero-order valence-electron chi connectivity index (χ0n) is 11.2. The van der Waals surface area contributed by atoms with Crippen LogP contribution >= 0.6 is 22.6 Å². The average molecular weight is 416 g/mol. The second-order valence-corrected chi connectivity index (χ2v) is 7.22. The molecule has 0 unspecified atom stereocenters. The van der Waals surface area contributed by atoms with Gasteiger partial charge in [-0.25, -0.2) is 13.6 Å². The zero-order valence-corrected chi connectivity index (χ0v) is 14.1. The van der Waals surface area contributed by atoms with Crippen molar-refractivity contribution in [1.82, 2.24) is 0 Å². The Morgan fingerprint density at radius 2 is 1.76 bits per heavy atom. The van der Waals surface area contributed by atoms with E-state index in [-0.39, 0.29) is 10.8 Å². The summed E-state index contributed by atoms with van der Waals surface area (Å²) in [5.74, 6) is -0.170. The van der Waals surface area contributed by atoms with Gasteiger partial charge in [0.25, 0.3) is 5.91 Å². The molecule has 5 nitrogen and oxygen atoms in total. The SMILES string of the molecule is CN(C(=O)c1cccc(I)c1)c1ccc(S(N)(=O)=O)cc1. The van der Waals surface area contributed by atoms with Crippen molar-refractivity contribution in [3.63, 3.8) is 0 Å². The van der Waals surface area contributed by atoms with Gasteiger partial charge in [-0.2, -0.15) is 0 Å². The van der Waals surface area contributed by atoms with Gasteiger partial charge in [-0.1, -0.05) is 6.07 Å². The summed E-state index contributed by atoms with van der Waals surface area (Å²) in [6.45, 7) is 0. The molecule has 0 aliphatic heterocycles. The molecule has 2 N–H and O–H groups in total. The Bertz CT molecular complexity index is 773. The predicted molar refractivity (Wildman–Crippen MR) is 89.7 cm³/mol. The van der Waals surface area contributed by atoms with E-state index in [1.54, 1.807) is 31.3 Å². The first-order valence-corrected chi connectivity index (χ1v) is 8.58. The number of nitrogens with two attached hydrogens (primary N) is 1. The zero-order chi connectivity index (χ0) is 15.6. The van der Waals surface area contributed by atoms with Crippen molar-refractivity contribution in [2.24, 2.45) is 5.14 Å². The molecule has 0 bridgehead atoms. The molecule has 1 amide bonds. The van der Waals surface area contributed by atoms with Crippen LogP contribution in [-0.4, -0.2) is 21.4 Å². The van der Waals surface area contributed by atoms with Gasteiger partial charge in [0.1, 0.15) is 0 Å². The van der Waals surface area contributed by atoms with Crippen LogP contribution in [0.25, 0.3) is 0 Å². The molecule has 0 saturated heterocycles. The number of sulfonamides is 1. The van der Waals surface area contributed by atoms with E-state index in [9.17, 15) is 13.2 Å². The van der Waals surface area contributed by atoms with E-state index < -0.39 is 10.0 Å². The third-order valence-corrected chi connectivity index (χ3v) is 4.53. The smallest absolute Gasteiger partial charge is 0.258 e. The summed E-state index contributed by atoms with van der Waals surface area (Å²) < 4.78 is 23.4. The molecule has 0 heterocycles. The first-order valence-electron chi connectivity index (χ1n) is 5.95. The van der Waals surface area contributed by atoms with Gasteiger partial charge in [0.05, 0.1) is 4.90 Å². The van der Waals surface area contributed by atoms with Crippen LogP contribution < -0.4 is 10.0 Å². The normalized spacial score (nSPS) is 11.2. The molecule has 0 fully saturated rings. The van der Waals surface area contributed by atoms with Crippen LogP contribution in [0.15, 0.2) is 53.4 Å². The highest BCUT2D eigenvalue weighted by Gasteiger charge is 2.15. The quantitative estimate of drug-likeness (QED) is 0.780. The summed E-state index contributed by atoms with van der Waals surface area (Å²) in [6, 6.07) is 13.1. The second-order valence-electron chi connectivity index (χ2n) is 4.41. The van der Waals surface area contributed by atoms with Gasteiger partial charge in [-0.05, 0) is 65.1 Å². The summed E-state index contributed by atoms with van der Waals surface area (Å²) in [5.41, 5.74) is 1.16. The Hall–Kier alpha value is -1.45. The molecular weight excluding hydrogens is 403 g/mol. The number of amides is 1. The Balaban J connectivity index is 2.28. The van der Waals surface area contributed by atoms with E-state index in [1.165, 1.54) is 17.0 Å². The van der Waals surface area contributed by atoms with E-state index in [0.717, 1.165) is 3.57 Å². The fourth-order valence-electron chi connectivity index (χ4n) is 1.79. The number of hydrogen-bond donors (Lipinski definition) is 1. The van der Waals surface area contributed by atoms with E-state index in [4.69, 9.17) is 5.14 Å². The molecule has 0 radical (unpaired) electrons. The topological polar surface area (TPSA) is 80.5 Å². The number of primary sulfonamides is 1. The summed E-state index contributed by atoms with van der Waals surface area (Å²) in [7, 11) is -2.09. The van der Waals surface area contributed by atoms with E-state index in [1.807, 2.05) is 12.1 Å². The molecule has 0 aliphatic rings. The van der Waals surface area contributed by atoms with Gasteiger partial charge >= 0.3 is 0 Å². The van der Waals surface area contributed by atoms with Crippen LogP contribution in [0.5, 0.6) is 0 Å². The summed E-state index contributed by atoms with van der Waals surface area (Å²) in [5, 5.41) is 5.04. The van der Waals surface area contributed by atoms with Gasteiger partial charge in [-0.3, -0.25) is 4.79 Å². The highest BCUT2D eigenvalue weighted by Crippen LogP contribution is 2.19. The molecule has 0 aliphatic carbocycles. The molecular formula is C14H13IN2O3S. The van der Waals surface area contributed by atoms with Crippen LogP contribution in [0.2, 0.25) is 0 Å². The maximum atomic E-state index is 12.4. The predicted octanol–water partition coefficient (Wildman–Crippen LogP) is 2.22. The first kappa shape index (κ1) is 15.9. The van der Waals surface area contributed by atoms with Gasteiger partial charge < -0.3 is 4.90 Å². The van der Waals surface area contributed by atoms with Crippen molar-refractivity contribution in [1.29, 1.82) is 0 Å². The summed E-state index contributed by atoms with van der Waals surface area (Å²) in [4.78, 5) is 13.8. The standard InChI is InChI=1S/C14H13IN2O3S/c1-17(14(18)10-3-2-4-11(15)9-10)12-5-7-13(8-6-12)21(16,19)20/h2-9H,1H3,(H2,16,19,20). The number of anilines is 1. The number of nitrogens with zero attached hydrogens (tertiary/aromatic N) is 1. The van der Waals surface area contributed by atoms with Crippen molar-refractivity contribution in [2.45, 2.75) is 4.90 Å². The van der Waals surface area contributed by atoms with Crippen LogP contribution in [-0.2, 0) is 10.0 Å². The average Bonchev–Trinajstić information content (AvgIpc) is 2.45. The third kappa shape index (κ3) is 3.80. The molecule has 2 aromatic rings. The highest BCUT2D eigenvalue weighted by molar-refractivity contribution is 14.1. The van der Waals surface area contributed by atoms with Gasteiger partial charge in [-0.15, -0.1) is 0 Å². The number of carbonyl (C=O) groups is 1. The highest BCUT2D eigenvalue weighted by atomic mass is 127. The molecule has 0 spiro atoms. The minimum Gasteiger partial charge on any atom is -0.311 e. The van der Waals surface area contributed by atoms with Gasteiger partial charge in [0, 0.05) is 21.9 Å². The molecule has 0 aromatic heterocycles. The van der Waals surface area contributed by atoms with Crippen molar-refractivity contribution < 1.29 is 13.2 Å². The van der Waals surface area contributed by atoms with Gasteiger partial charge in [0.2, 0.25) is 10.0 Å². The maximum Gasteiger partial charge on any atom is 0.258 e. The minimum atomic E-state index is -3.73. The third-order valence-electron chi connectivity index (χ3n) is 2.93. The lowest BCUT2D eigenvalue weighted by atomic mass is 10.2. The second kappa shape index (κ2) is 6.12. The molecule has 110 valence electrons. The van der Waals surface area contributed by atoms with E-state index >= 15 is 0 Å². The number of carbonyl (C=O) groups excluding carboxylic acids is 1. The molecule has 7 heteroatoms. The summed E-state index contributed by atoms with van der Waals surface area (Å²) >= 11 is 2.14. The van der Waals surface area contributed by atoms with Crippen molar-refractivity contribution in [3.05, 3.63) is 57.7 Å². The number of benzene rings is 2. The number of hydrogen-bond acceptors (Lipinski definition) is 3. The van der Waals surface area contributed by atoms with Crippen molar-refractivity contribution >= 4 is 44.2 Å². The Kier molecular flexibility index (Phi) is 4.64. The number of rotatable bonds is 3. The molecule has 21 heavy (non-hydrogen) atoms. The fourth-order valence-corrected chi connectivity index (χ4v) is 2.85. The van der Waals surface area contributed by atoms with E-state index in [0.29, 0.717) is 11.3 Å². The largest absolute Gasteiger partial charge is 0.311 e. The Morgan fingerprint density at radius 3 is 2.29 bits per heavy atom. The van der Waals surface area contributed by atoms with E-state index in [2.05, 4.69) is 22.6 Å². The van der Waals surface area contributed by atoms with Crippen LogP contribution in [0.3, 0.4) is 0 Å². The van der Waals surface area contributed by atoms with Crippen LogP contribution in [0.1, 0.15) is 10.4 Å². The van der Waals surface area contributed by atoms with Crippen molar-refractivity contribution in [2.75, 3.05) is 11.9 Å². The minimum absolute atomic E-state index is 0.0151. The monoisotopic (exact) mass is 416 g/mol. The summed E-state index contributed by atoms with van der Waals surface area (Å²) in [6.07, 6.45) is 0. The Labute approximate surface area is 137 Å². The maximum absolute atomic E-state index is 12.4. The lowest BCUT2D eigenvalue weighted by Crippen LogP contribution is -2.26. The molecule has 2 aromatic carbocycles. The molecule has 2 rings (SSSR count). The van der Waals surface area contributed by atoms with Crippen molar-refractivity contribution in [3.8, 4) is 0 Å². The lowest BCUT2D eigenvalue weighted by molar-refractivity contribution is 0.0993. The molecule has 0 atom stereocenters. The first-order chi connectivity index (χ1) is 9.79. The Morgan fingerprint density at radius 1 is 1.14 bits per heavy atom. The van der Waals surface area contributed by atoms with Crippen LogP contribution in [0, 0.1) is 3.57 Å². The van der Waals surface area contributed by atoms with Gasteiger partial charge in [0.15, 0.2) is 0 Å². The van der Waals surface area contributed by atoms with Crippen LogP contribution in [0.4, 0.5) is 5.69 Å².